The predicted molar refractivity (Wildman–Crippen MR) is 133 cm³/mol. The fraction of sp³-hybridized carbons (Fsp3) is 0.583. The van der Waals surface area contributed by atoms with E-state index in [4.69, 9.17) is 9.97 Å². The molecular weight excluding hydrogens is 450 g/mol. The fourth-order valence-corrected chi connectivity index (χ4v) is 5.56. The Kier molecular flexibility index (Phi) is 7.01. The summed E-state index contributed by atoms with van der Waals surface area (Å²) >= 11 is 1.61. The molecule has 2 aromatic heterocycles. The normalized spacial score (nSPS) is 28.5. The van der Waals surface area contributed by atoms with Gasteiger partial charge in [0.2, 0.25) is 0 Å². The van der Waals surface area contributed by atoms with E-state index in [0.29, 0.717) is 41.0 Å². The summed E-state index contributed by atoms with van der Waals surface area (Å²) < 4.78 is 1.69. The number of benzene rings is 1. The number of aliphatic hydroxyl groups excluding tert-OH is 2. The average molecular weight is 484 g/mol. The predicted octanol–water partition coefficient (Wildman–Crippen LogP) is 2.58. The van der Waals surface area contributed by atoms with E-state index >= 15 is 0 Å². The van der Waals surface area contributed by atoms with Crippen LogP contribution in [0.4, 0.5) is 5.82 Å². The molecule has 4 N–H and O–H groups in total. The molecule has 5 rings (SSSR count). The lowest BCUT2D eigenvalue weighted by molar-refractivity contribution is 0.00507. The van der Waals surface area contributed by atoms with Crippen molar-refractivity contribution in [2.45, 2.75) is 68.5 Å². The van der Waals surface area contributed by atoms with E-state index in [2.05, 4.69) is 52.1 Å². The number of fused-ring (bicyclic) bond motifs is 1. The van der Waals surface area contributed by atoms with Crippen LogP contribution < -0.4 is 10.6 Å². The summed E-state index contributed by atoms with van der Waals surface area (Å²) in [7, 11) is 0. The molecule has 3 aromatic rings. The van der Waals surface area contributed by atoms with E-state index in [1.165, 1.54) is 5.56 Å². The molecule has 0 aliphatic heterocycles. The van der Waals surface area contributed by atoms with E-state index in [0.717, 1.165) is 25.1 Å². The quantitative estimate of drug-likeness (QED) is 0.255. The largest absolute Gasteiger partial charge is 0.390 e. The lowest BCUT2D eigenvalue weighted by Crippen LogP contribution is -2.33. The number of aromatic nitrogens is 5. The van der Waals surface area contributed by atoms with Gasteiger partial charge in [0.05, 0.1) is 12.1 Å². The monoisotopic (exact) mass is 483 g/mol. The van der Waals surface area contributed by atoms with Crippen LogP contribution in [0, 0.1) is 5.92 Å². The van der Waals surface area contributed by atoms with Crippen molar-refractivity contribution in [1.29, 1.82) is 0 Å². The van der Waals surface area contributed by atoms with Gasteiger partial charge in [-0.15, -0.1) is 5.10 Å². The van der Waals surface area contributed by atoms with E-state index in [1.807, 2.05) is 13.0 Å². The van der Waals surface area contributed by atoms with Gasteiger partial charge < -0.3 is 20.8 Å². The van der Waals surface area contributed by atoms with Gasteiger partial charge in [-0.05, 0) is 31.4 Å². The summed E-state index contributed by atoms with van der Waals surface area (Å²) in [6.45, 7) is 5.64. The minimum atomic E-state index is -0.919. The molecule has 2 unspecified atom stereocenters. The van der Waals surface area contributed by atoms with Crippen LogP contribution in [0.5, 0.6) is 0 Å². The molecule has 0 spiro atoms. The molecule has 2 aliphatic carbocycles. The Bertz CT molecular complexity index is 1110. The van der Waals surface area contributed by atoms with Gasteiger partial charge in [-0.1, -0.05) is 61.2 Å². The van der Waals surface area contributed by atoms with Crippen molar-refractivity contribution < 1.29 is 10.2 Å². The van der Waals surface area contributed by atoms with Gasteiger partial charge in [-0.2, -0.15) is 0 Å². The van der Waals surface area contributed by atoms with Crippen LogP contribution >= 0.6 is 11.8 Å². The number of hydrogen-bond acceptors (Lipinski definition) is 9. The lowest BCUT2D eigenvalue weighted by atomic mass is 10.1. The molecule has 182 valence electrons. The number of nitrogens with one attached hydrogen (secondary N) is 2. The van der Waals surface area contributed by atoms with Crippen molar-refractivity contribution in [3.63, 3.8) is 0 Å². The Labute approximate surface area is 203 Å². The van der Waals surface area contributed by atoms with Gasteiger partial charge in [0.25, 0.3) is 0 Å². The van der Waals surface area contributed by atoms with Crippen LogP contribution in [0.2, 0.25) is 0 Å². The molecule has 34 heavy (non-hydrogen) atoms. The second-order valence-corrected chi connectivity index (χ2v) is 10.3. The summed E-state index contributed by atoms with van der Waals surface area (Å²) in [4.78, 5) is 9.55. The lowest BCUT2D eigenvalue weighted by Gasteiger charge is -2.17. The van der Waals surface area contributed by atoms with Crippen LogP contribution in [0.15, 0.2) is 35.5 Å². The van der Waals surface area contributed by atoms with E-state index in [-0.39, 0.29) is 18.0 Å². The zero-order chi connectivity index (χ0) is 23.7. The second kappa shape index (κ2) is 10.2. The molecule has 0 saturated heterocycles. The van der Waals surface area contributed by atoms with Crippen molar-refractivity contribution in [2.24, 2.45) is 5.92 Å². The summed E-state index contributed by atoms with van der Waals surface area (Å²) in [6.07, 6.45) is 0.939. The standard InChI is InChI=1S/C24H33N7O2S/c1-3-10-34-24-27-22(26-17-12-16(17)14-8-6-5-7-9-14)19-23(28-24)31(30-29-19)18-11-15(13-25-4-2)20(32)21(18)33/h5-9,15-18,20-21,25,32-33H,3-4,10-13H2,1-2H3,(H,26,27,28)/t15-,16?,17?,18-,20-,21+/m0/s1. The molecular formula is C24H33N7O2S. The third-order valence-electron chi connectivity index (χ3n) is 6.82. The molecule has 1 aromatic carbocycles. The molecule has 0 amide bonds. The first kappa shape index (κ1) is 23.5. The highest BCUT2D eigenvalue weighted by molar-refractivity contribution is 7.99. The summed E-state index contributed by atoms with van der Waals surface area (Å²) in [5.74, 6) is 2.01. The second-order valence-electron chi connectivity index (χ2n) is 9.27. The molecule has 0 radical (unpaired) electrons. The van der Waals surface area contributed by atoms with Gasteiger partial charge >= 0.3 is 0 Å². The van der Waals surface area contributed by atoms with Crippen LogP contribution in [0.1, 0.15) is 50.6 Å². The van der Waals surface area contributed by atoms with Gasteiger partial charge in [-0.3, -0.25) is 0 Å². The van der Waals surface area contributed by atoms with Gasteiger partial charge in [0.15, 0.2) is 22.1 Å². The Hall–Kier alpha value is -2.27. The Morgan fingerprint density at radius 3 is 2.68 bits per heavy atom. The van der Waals surface area contributed by atoms with Crippen molar-refractivity contribution in [1.82, 2.24) is 30.3 Å². The van der Waals surface area contributed by atoms with Crippen LogP contribution in [-0.4, -0.2) is 72.3 Å². The smallest absolute Gasteiger partial charge is 0.191 e. The zero-order valence-corrected chi connectivity index (χ0v) is 20.4. The highest BCUT2D eigenvalue weighted by Crippen LogP contribution is 2.43. The number of hydrogen-bond donors (Lipinski definition) is 4. The maximum atomic E-state index is 10.8. The highest BCUT2D eigenvalue weighted by atomic mass is 32.2. The molecule has 0 bridgehead atoms. The highest BCUT2D eigenvalue weighted by Gasteiger charge is 2.44. The first-order valence-corrected chi connectivity index (χ1v) is 13.2. The summed E-state index contributed by atoms with van der Waals surface area (Å²) in [6, 6.07) is 10.4. The topological polar surface area (TPSA) is 121 Å². The number of rotatable bonds is 10. The van der Waals surface area contributed by atoms with Crippen molar-refractivity contribution in [3.8, 4) is 0 Å². The van der Waals surface area contributed by atoms with Crippen molar-refractivity contribution >= 4 is 28.7 Å². The molecule has 9 nitrogen and oxygen atoms in total. The Balaban J connectivity index is 1.43. The van der Waals surface area contributed by atoms with Gasteiger partial charge in [0, 0.05) is 30.2 Å². The average Bonchev–Trinajstić information content (AvgIpc) is 3.41. The molecule has 6 atom stereocenters. The first-order valence-electron chi connectivity index (χ1n) is 12.2. The van der Waals surface area contributed by atoms with Crippen molar-refractivity contribution in [2.75, 3.05) is 24.2 Å². The third kappa shape index (κ3) is 4.64. The van der Waals surface area contributed by atoms with Crippen LogP contribution in [0.3, 0.4) is 0 Å². The van der Waals surface area contributed by atoms with Crippen molar-refractivity contribution in [3.05, 3.63) is 35.9 Å². The maximum absolute atomic E-state index is 10.8. The maximum Gasteiger partial charge on any atom is 0.191 e. The molecule has 2 fully saturated rings. The van der Waals surface area contributed by atoms with E-state index in [1.54, 1.807) is 16.4 Å². The first-order chi connectivity index (χ1) is 16.6. The minimum Gasteiger partial charge on any atom is -0.390 e. The fourth-order valence-electron chi connectivity index (χ4n) is 4.86. The zero-order valence-electron chi connectivity index (χ0n) is 19.6. The summed E-state index contributed by atoms with van der Waals surface area (Å²) in [5.41, 5.74) is 2.54. The SMILES string of the molecule is CCCSc1nc(NC2CC2c2ccccc2)c2nnn([C@H]3C[C@@H](CNCC)[C@H](O)[C@@H]3O)c2n1. The van der Waals surface area contributed by atoms with Gasteiger partial charge in [-0.25, -0.2) is 14.6 Å². The Morgan fingerprint density at radius 2 is 1.91 bits per heavy atom. The molecule has 2 saturated carbocycles. The van der Waals surface area contributed by atoms with Gasteiger partial charge in [0.1, 0.15) is 6.10 Å². The third-order valence-corrected chi connectivity index (χ3v) is 7.87. The molecule has 10 heteroatoms. The molecule has 2 aliphatic rings. The van der Waals surface area contributed by atoms with E-state index in [9.17, 15) is 10.2 Å². The van der Waals surface area contributed by atoms with E-state index < -0.39 is 12.2 Å². The number of aliphatic hydroxyl groups is 2. The number of anilines is 1. The summed E-state index contributed by atoms with van der Waals surface area (Å²) in [5, 5.41) is 37.8. The van der Waals surface area contributed by atoms with Crippen LogP contribution in [-0.2, 0) is 0 Å². The number of nitrogens with zero attached hydrogens (tertiary/aromatic N) is 5. The number of thioether (sulfide) groups is 1. The minimum absolute atomic E-state index is 0.0503. The van der Waals surface area contributed by atoms with Crippen LogP contribution in [0.25, 0.3) is 11.2 Å². The Morgan fingerprint density at radius 1 is 1.09 bits per heavy atom. The molecule has 2 heterocycles.